The second-order valence-corrected chi connectivity index (χ2v) is 16.3. The molecule has 0 aliphatic heterocycles. The van der Waals surface area contributed by atoms with Gasteiger partial charge in [0.1, 0.15) is 0 Å². The van der Waals surface area contributed by atoms with Gasteiger partial charge in [0.2, 0.25) is 0 Å². The molecule has 11 rings (SSSR count). The first kappa shape index (κ1) is 40.0. The van der Waals surface area contributed by atoms with Gasteiger partial charge in [-0.1, -0.05) is 255 Å². The molecule has 0 saturated heterocycles. The molecule has 0 aliphatic carbocycles. The number of nitrogens with zero attached hydrogens (tertiary/aromatic N) is 3. The lowest BCUT2D eigenvalue weighted by Gasteiger charge is -2.28. The lowest BCUT2D eigenvalue weighted by atomic mass is 9.74. The van der Waals surface area contributed by atoms with E-state index in [0.717, 1.165) is 66.8 Å². The summed E-state index contributed by atoms with van der Waals surface area (Å²) >= 11 is 0. The Hall–Kier alpha value is -8.79. The molecule has 0 fully saturated rings. The van der Waals surface area contributed by atoms with Crippen LogP contribution in [0, 0.1) is 0 Å². The predicted molar refractivity (Wildman–Crippen MR) is 274 cm³/mol. The highest BCUT2D eigenvalue weighted by atomic mass is 15.0. The first-order chi connectivity index (χ1) is 32.8. The van der Waals surface area contributed by atoms with Crippen LogP contribution in [0.3, 0.4) is 0 Å². The monoisotopic (exact) mass is 841 g/mol. The van der Waals surface area contributed by atoms with Crippen LogP contribution in [0.5, 0.6) is 0 Å². The van der Waals surface area contributed by atoms with E-state index in [1.54, 1.807) is 0 Å². The molecule has 0 amide bonds. The summed E-state index contributed by atoms with van der Waals surface area (Å²) < 4.78 is 0. The molecule has 1 aromatic heterocycles. The summed E-state index contributed by atoms with van der Waals surface area (Å²) in [6.07, 6.45) is 0. The highest BCUT2D eigenvalue weighted by Crippen LogP contribution is 2.55. The molecule has 0 radical (unpaired) electrons. The van der Waals surface area contributed by atoms with Crippen LogP contribution in [-0.4, -0.2) is 15.0 Å². The van der Waals surface area contributed by atoms with E-state index in [1.165, 1.54) is 27.8 Å². The minimum atomic E-state index is 0.608. The Morgan fingerprint density at radius 1 is 0.152 bits per heavy atom. The van der Waals surface area contributed by atoms with E-state index in [4.69, 9.17) is 15.0 Å². The molecule has 310 valence electrons. The fraction of sp³-hybridized carbons (Fsp3) is 0. The third-order valence-electron chi connectivity index (χ3n) is 12.1. The molecule has 0 atom stereocenters. The van der Waals surface area contributed by atoms with E-state index in [0.29, 0.717) is 17.5 Å². The van der Waals surface area contributed by atoms with Crippen molar-refractivity contribution in [3.63, 3.8) is 0 Å². The van der Waals surface area contributed by atoms with Crippen LogP contribution in [0.1, 0.15) is 0 Å². The molecule has 0 saturated carbocycles. The van der Waals surface area contributed by atoms with Crippen molar-refractivity contribution >= 4 is 0 Å². The first-order valence-corrected chi connectivity index (χ1v) is 22.4. The Balaban J connectivity index is 1.19. The van der Waals surface area contributed by atoms with Crippen molar-refractivity contribution in [2.75, 3.05) is 0 Å². The van der Waals surface area contributed by atoms with E-state index >= 15 is 0 Å². The van der Waals surface area contributed by atoms with Gasteiger partial charge in [-0.3, -0.25) is 0 Å². The number of hydrogen-bond acceptors (Lipinski definition) is 3. The Morgan fingerprint density at radius 3 is 0.697 bits per heavy atom. The van der Waals surface area contributed by atoms with E-state index in [1.807, 2.05) is 24.3 Å². The molecule has 0 unspecified atom stereocenters. The quantitative estimate of drug-likeness (QED) is 0.138. The number of rotatable bonds is 10. The van der Waals surface area contributed by atoms with Crippen LogP contribution < -0.4 is 0 Å². The van der Waals surface area contributed by atoms with Gasteiger partial charge in [-0.25, -0.2) is 15.0 Å². The number of aromatic nitrogens is 3. The average molecular weight is 842 g/mol. The molecular weight excluding hydrogens is 799 g/mol. The second-order valence-electron chi connectivity index (χ2n) is 16.3. The maximum absolute atomic E-state index is 5.20. The molecule has 0 N–H and O–H groups in total. The van der Waals surface area contributed by atoms with E-state index < -0.39 is 0 Å². The molecule has 0 aliphatic rings. The van der Waals surface area contributed by atoms with Gasteiger partial charge in [0.25, 0.3) is 0 Å². The molecule has 11 aromatic rings. The third-order valence-corrected chi connectivity index (χ3v) is 12.1. The Bertz CT molecular complexity index is 3290. The molecule has 10 aromatic carbocycles. The van der Waals surface area contributed by atoms with Gasteiger partial charge in [0.05, 0.1) is 0 Å². The van der Waals surface area contributed by atoms with Gasteiger partial charge >= 0.3 is 0 Å². The van der Waals surface area contributed by atoms with Crippen LogP contribution in [0.25, 0.3) is 112 Å². The van der Waals surface area contributed by atoms with Crippen molar-refractivity contribution in [3.8, 4) is 112 Å². The zero-order valence-corrected chi connectivity index (χ0v) is 36.2. The van der Waals surface area contributed by atoms with E-state index in [2.05, 4.69) is 237 Å². The standard InChI is InChI=1S/C63H43N3/c1-8-23-44(24-9-1)53-37-22-38-54(43-53)63-65-61(51-35-20-7-21-36-51)64-62(66-63)52-41-39-50(40-42-52)60-58(48-31-16-5-17-32-48)56(46-27-12-3-13-28-46)55(45-25-10-2-11-26-45)57(47-29-14-4-15-30-47)59(60)49-33-18-6-19-34-49/h1-43H. The summed E-state index contributed by atoms with van der Waals surface area (Å²) in [5.74, 6) is 1.85. The number of benzene rings is 10. The van der Waals surface area contributed by atoms with Crippen LogP contribution in [0.15, 0.2) is 261 Å². The molecule has 1 heterocycles. The van der Waals surface area contributed by atoms with E-state index in [9.17, 15) is 0 Å². The summed E-state index contributed by atoms with van der Waals surface area (Å²) in [5.41, 5.74) is 18.8. The van der Waals surface area contributed by atoms with Gasteiger partial charge in [0.15, 0.2) is 17.5 Å². The Kier molecular flexibility index (Phi) is 11.0. The minimum Gasteiger partial charge on any atom is -0.208 e. The highest BCUT2D eigenvalue weighted by molar-refractivity contribution is 6.15. The summed E-state index contributed by atoms with van der Waals surface area (Å²) in [6, 6.07) is 92.2. The fourth-order valence-electron chi connectivity index (χ4n) is 9.11. The van der Waals surface area contributed by atoms with Crippen molar-refractivity contribution in [2.45, 2.75) is 0 Å². The van der Waals surface area contributed by atoms with Gasteiger partial charge in [-0.2, -0.15) is 0 Å². The average Bonchev–Trinajstić information content (AvgIpc) is 3.41. The molecule has 0 bridgehead atoms. The van der Waals surface area contributed by atoms with Crippen molar-refractivity contribution in [1.82, 2.24) is 15.0 Å². The molecule has 66 heavy (non-hydrogen) atoms. The van der Waals surface area contributed by atoms with Crippen LogP contribution >= 0.6 is 0 Å². The van der Waals surface area contributed by atoms with E-state index in [-0.39, 0.29) is 0 Å². The van der Waals surface area contributed by atoms with Crippen molar-refractivity contribution in [1.29, 1.82) is 0 Å². The topological polar surface area (TPSA) is 38.7 Å². The molecule has 3 heteroatoms. The maximum Gasteiger partial charge on any atom is 0.164 e. The van der Waals surface area contributed by atoms with Gasteiger partial charge in [0, 0.05) is 16.7 Å². The summed E-state index contributed by atoms with van der Waals surface area (Å²) in [6.45, 7) is 0. The van der Waals surface area contributed by atoms with Crippen molar-refractivity contribution < 1.29 is 0 Å². The lowest BCUT2D eigenvalue weighted by molar-refractivity contribution is 1.07. The van der Waals surface area contributed by atoms with Crippen molar-refractivity contribution in [2.24, 2.45) is 0 Å². The normalized spacial score (nSPS) is 11.0. The molecule has 0 spiro atoms. The SMILES string of the molecule is c1ccc(-c2cccc(-c3nc(-c4ccccc4)nc(-c4ccc(-c5c(-c6ccccc6)c(-c6ccccc6)c(-c6ccccc6)c(-c6ccccc6)c5-c5ccccc5)cc4)n3)c2)cc1. The van der Waals surface area contributed by atoms with Gasteiger partial charge in [-0.15, -0.1) is 0 Å². The minimum absolute atomic E-state index is 0.608. The molecule has 3 nitrogen and oxygen atoms in total. The Labute approximate surface area is 386 Å². The molecular formula is C63H43N3. The highest BCUT2D eigenvalue weighted by Gasteiger charge is 2.29. The van der Waals surface area contributed by atoms with Gasteiger partial charge < -0.3 is 0 Å². The zero-order valence-electron chi connectivity index (χ0n) is 36.2. The predicted octanol–water partition coefficient (Wildman–Crippen LogP) is 16.5. The summed E-state index contributed by atoms with van der Waals surface area (Å²) in [7, 11) is 0. The first-order valence-electron chi connectivity index (χ1n) is 22.4. The largest absolute Gasteiger partial charge is 0.208 e. The number of hydrogen-bond donors (Lipinski definition) is 0. The van der Waals surface area contributed by atoms with Crippen molar-refractivity contribution in [3.05, 3.63) is 261 Å². The summed E-state index contributed by atoms with van der Waals surface area (Å²) in [4.78, 5) is 15.4. The van der Waals surface area contributed by atoms with Crippen LogP contribution in [-0.2, 0) is 0 Å². The Morgan fingerprint density at radius 2 is 0.364 bits per heavy atom. The lowest BCUT2D eigenvalue weighted by Crippen LogP contribution is -2.02. The van der Waals surface area contributed by atoms with Crippen LogP contribution in [0.4, 0.5) is 0 Å². The fourth-order valence-corrected chi connectivity index (χ4v) is 9.11. The summed E-state index contributed by atoms with van der Waals surface area (Å²) in [5, 5.41) is 0. The smallest absolute Gasteiger partial charge is 0.164 e. The van der Waals surface area contributed by atoms with Crippen LogP contribution in [0.2, 0.25) is 0 Å². The zero-order chi connectivity index (χ0) is 44.1. The van der Waals surface area contributed by atoms with Gasteiger partial charge in [-0.05, 0) is 84.0 Å². The maximum atomic E-state index is 5.20. The second kappa shape index (κ2) is 18.1. The third kappa shape index (κ3) is 7.91.